The first-order valence-electron chi connectivity index (χ1n) is 6.28. The predicted octanol–water partition coefficient (Wildman–Crippen LogP) is 5.70. The molecule has 0 fully saturated rings. The molecule has 0 aliphatic rings. The molecule has 2 nitrogen and oxygen atoms in total. The van der Waals surface area contributed by atoms with E-state index in [2.05, 4.69) is 4.98 Å². The minimum Gasteiger partial charge on any atom is -0.487 e. The molecule has 5 heteroatoms. The SMILES string of the molecule is Clc1cc(-c2cscn2)c(Cl)cc1OCc1ccccc1. The molecule has 0 N–H and O–H groups in total. The van der Waals surface area contributed by atoms with Crippen LogP contribution in [0.2, 0.25) is 10.0 Å². The summed E-state index contributed by atoms with van der Waals surface area (Å²) in [5.74, 6) is 0.574. The zero-order valence-electron chi connectivity index (χ0n) is 10.9. The summed E-state index contributed by atoms with van der Waals surface area (Å²) < 4.78 is 5.74. The van der Waals surface area contributed by atoms with Gasteiger partial charge in [-0.25, -0.2) is 4.98 Å². The van der Waals surface area contributed by atoms with E-state index >= 15 is 0 Å². The average molecular weight is 336 g/mol. The smallest absolute Gasteiger partial charge is 0.139 e. The van der Waals surface area contributed by atoms with Crippen molar-refractivity contribution in [1.82, 2.24) is 4.98 Å². The van der Waals surface area contributed by atoms with E-state index in [-0.39, 0.29) is 0 Å². The molecule has 0 amide bonds. The maximum absolute atomic E-state index is 6.30. The predicted molar refractivity (Wildman–Crippen MR) is 88.3 cm³/mol. The highest BCUT2D eigenvalue weighted by Gasteiger charge is 2.11. The van der Waals surface area contributed by atoms with Gasteiger partial charge in [-0.1, -0.05) is 53.5 Å². The van der Waals surface area contributed by atoms with Gasteiger partial charge in [-0.05, 0) is 11.6 Å². The summed E-state index contributed by atoms with van der Waals surface area (Å²) in [6, 6.07) is 13.4. The molecule has 0 bridgehead atoms. The molecule has 0 aliphatic carbocycles. The summed E-state index contributed by atoms with van der Waals surface area (Å²) in [6.07, 6.45) is 0. The van der Waals surface area contributed by atoms with Crippen LogP contribution in [-0.4, -0.2) is 4.98 Å². The van der Waals surface area contributed by atoms with Crippen molar-refractivity contribution in [2.75, 3.05) is 0 Å². The van der Waals surface area contributed by atoms with Crippen LogP contribution in [0, 0.1) is 0 Å². The van der Waals surface area contributed by atoms with Gasteiger partial charge in [0.2, 0.25) is 0 Å². The van der Waals surface area contributed by atoms with Gasteiger partial charge in [0.25, 0.3) is 0 Å². The number of halogens is 2. The molecule has 0 saturated heterocycles. The van der Waals surface area contributed by atoms with Crippen LogP contribution in [0.15, 0.2) is 53.4 Å². The van der Waals surface area contributed by atoms with Gasteiger partial charge in [0.1, 0.15) is 12.4 Å². The lowest BCUT2D eigenvalue weighted by molar-refractivity contribution is 0.306. The summed E-state index contributed by atoms with van der Waals surface area (Å²) >= 11 is 14.1. The van der Waals surface area contributed by atoms with Crippen LogP contribution in [0.1, 0.15) is 5.56 Å². The van der Waals surface area contributed by atoms with Crippen LogP contribution in [0.5, 0.6) is 5.75 Å². The molecule has 0 atom stereocenters. The number of hydrogen-bond donors (Lipinski definition) is 0. The Morgan fingerprint density at radius 3 is 2.57 bits per heavy atom. The van der Waals surface area contributed by atoms with E-state index in [0.717, 1.165) is 16.8 Å². The Morgan fingerprint density at radius 2 is 1.86 bits per heavy atom. The van der Waals surface area contributed by atoms with Crippen molar-refractivity contribution in [3.8, 4) is 17.0 Å². The Morgan fingerprint density at radius 1 is 1.05 bits per heavy atom. The quantitative estimate of drug-likeness (QED) is 0.610. The second kappa shape index (κ2) is 6.48. The van der Waals surface area contributed by atoms with E-state index in [1.54, 1.807) is 17.6 Å². The lowest BCUT2D eigenvalue weighted by Gasteiger charge is -2.10. The third kappa shape index (κ3) is 3.38. The molecular weight excluding hydrogens is 325 g/mol. The molecule has 0 unspecified atom stereocenters. The molecule has 0 aliphatic heterocycles. The molecule has 0 spiro atoms. The molecule has 2 aromatic carbocycles. The van der Waals surface area contributed by atoms with Crippen LogP contribution in [0.25, 0.3) is 11.3 Å². The first-order chi connectivity index (χ1) is 10.2. The first kappa shape index (κ1) is 14.4. The summed E-state index contributed by atoms with van der Waals surface area (Å²) in [7, 11) is 0. The van der Waals surface area contributed by atoms with E-state index < -0.39 is 0 Å². The minimum absolute atomic E-state index is 0.451. The molecule has 1 heterocycles. The van der Waals surface area contributed by atoms with Gasteiger partial charge < -0.3 is 4.74 Å². The summed E-state index contributed by atoms with van der Waals surface area (Å²) in [4.78, 5) is 4.25. The van der Waals surface area contributed by atoms with E-state index in [1.807, 2.05) is 35.7 Å². The minimum atomic E-state index is 0.451. The van der Waals surface area contributed by atoms with Crippen LogP contribution >= 0.6 is 34.5 Å². The van der Waals surface area contributed by atoms with Crippen LogP contribution in [0.3, 0.4) is 0 Å². The summed E-state index contributed by atoms with van der Waals surface area (Å²) in [5, 5.41) is 3.04. The van der Waals surface area contributed by atoms with Crippen LogP contribution < -0.4 is 4.74 Å². The number of benzene rings is 2. The van der Waals surface area contributed by atoms with Gasteiger partial charge in [-0.3, -0.25) is 0 Å². The highest BCUT2D eigenvalue weighted by molar-refractivity contribution is 7.07. The Hall–Kier alpha value is -1.55. The number of aromatic nitrogens is 1. The van der Waals surface area contributed by atoms with Gasteiger partial charge in [-0.15, -0.1) is 11.3 Å². The van der Waals surface area contributed by atoms with Gasteiger partial charge in [0, 0.05) is 17.0 Å². The third-order valence-electron chi connectivity index (χ3n) is 2.97. The highest BCUT2D eigenvalue weighted by atomic mass is 35.5. The third-order valence-corrected chi connectivity index (χ3v) is 4.16. The Kier molecular flexibility index (Phi) is 4.44. The number of ether oxygens (including phenoxy) is 1. The molecule has 21 heavy (non-hydrogen) atoms. The van der Waals surface area contributed by atoms with Crippen molar-refractivity contribution >= 4 is 34.5 Å². The average Bonchev–Trinajstić information content (AvgIpc) is 3.03. The molecule has 1 aromatic heterocycles. The zero-order valence-corrected chi connectivity index (χ0v) is 13.3. The van der Waals surface area contributed by atoms with E-state index in [9.17, 15) is 0 Å². The Balaban J connectivity index is 1.82. The van der Waals surface area contributed by atoms with Crippen molar-refractivity contribution in [3.63, 3.8) is 0 Å². The van der Waals surface area contributed by atoms with Crippen LogP contribution in [-0.2, 0) is 6.61 Å². The fourth-order valence-corrected chi connectivity index (χ4v) is 2.94. The fourth-order valence-electron chi connectivity index (χ4n) is 1.92. The topological polar surface area (TPSA) is 22.1 Å². The molecule has 0 radical (unpaired) electrons. The van der Waals surface area contributed by atoms with Crippen molar-refractivity contribution in [2.45, 2.75) is 6.61 Å². The molecule has 3 rings (SSSR count). The molecule has 0 saturated carbocycles. The molecule has 106 valence electrons. The number of thiazole rings is 1. The maximum atomic E-state index is 6.30. The van der Waals surface area contributed by atoms with Gasteiger partial charge >= 0.3 is 0 Å². The first-order valence-corrected chi connectivity index (χ1v) is 7.98. The second-order valence-electron chi connectivity index (χ2n) is 4.41. The maximum Gasteiger partial charge on any atom is 0.139 e. The van der Waals surface area contributed by atoms with Crippen molar-refractivity contribution in [1.29, 1.82) is 0 Å². The lowest BCUT2D eigenvalue weighted by atomic mass is 10.1. The zero-order chi connectivity index (χ0) is 14.7. The number of rotatable bonds is 4. The number of nitrogens with zero attached hydrogens (tertiary/aromatic N) is 1. The second-order valence-corrected chi connectivity index (χ2v) is 5.94. The van der Waals surface area contributed by atoms with Gasteiger partial charge in [0.15, 0.2) is 0 Å². The van der Waals surface area contributed by atoms with Crippen molar-refractivity contribution in [3.05, 3.63) is 69.0 Å². The van der Waals surface area contributed by atoms with Gasteiger partial charge in [-0.2, -0.15) is 0 Å². The standard InChI is InChI=1S/C16H11Cl2NOS/c17-13-7-16(20-8-11-4-2-1-3-5-11)14(18)6-12(13)15-9-21-10-19-15/h1-7,9-10H,8H2. The van der Waals surface area contributed by atoms with Crippen molar-refractivity contribution in [2.24, 2.45) is 0 Å². The van der Waals surface area contributed by atoms with E-state index in [4.69, 9.17) is 27.9 Å². The fraction of sp³-hybridized carbons (Fsp3) is 0.0625. The van der Waals surface area contributed by atoms with E-state index in [0.29, 0.717) is 22.4 Å². The Labute approximate surface area is 136 Å². The lowest BCUT2D eigenvalue weighted by Crippen LogP contribution is -1.96. The summed E-state index contributed by atoms with van der Waals surface area (Å²) in [5.41, 5.74) is 4.48. The largest absolute Gasteiger partial charge is 0.487 e. The normalized spacial score (nSPS) is 10.6. The number of hydrogen-bond acceptors (Lipinski definition) is 3. The van der Waals surface area contributed by atoms with Crippen LogP contribution in [0.4, 0.5) is 0 Å². The highest BCUT2D eigenvalue weighted by Crippen LogP contribution is 2.36. The van der Waals surface area contributed by atoms with E-state index in [1.165, 1.54) is 11.3 Å². The van der Waals surface area contributed by atoms with Crippen molar-refractivity contribution < 1.29 is 4.74 Å². The molecule has 3 aromatic rings. The summed E-state index contributed by atoms with van der Waals surface area (Å²) in [6.45, 7) is 0.451. The molecular formula is C16H11Cl2NOS. The monoisotopic (exact) mass is 335 g/mol. The van der Waals surface area contributed by atoms with Gasteiger partial charge in [0.05, 0.1) is 21.2 Å². The Bertz CT molecular complexity index is 730.